The monoisotopic (exact) mass is 387 g/mol. The molecule has 2 heterocycles. The number of hydrogen-bond donors (Lipinski definition) is 1. The number of nitrogens with one attached hydrogen (secondary N) is 1. The van der Waals surface area contributed by atoms with Gasteiger partial charge in [-0.15, -0.1) is 11.3 Å². The Morgan fingerprint density at radius 2 is 1.96 bits per heavy atom. The van der Waals surface area contributed by atoms with Crippen LogP contribution in [0, 0.1) is 5.92 Å². The van der Waals surface area contributed by atoms with Crippen LogP contribution < -0.4 is 10.2 Å². The third-order valence-electron chi connectivity index (χ3n) is 4.93. The van der Waals surface area contributed by atoms with Crippen molar-refractivity contribution in [3.05, 3.63) is 35.2 Å². The molecule has 146 valence electrons. The summed E-state index contributed by atoms with van der Waals surface area (Å²) in [4.78, 5) is 20.9. The van der Waals surface area contributed by atoms with Crippen molar-refractivity contribution in [1.29, 1.82) is 0 Å². The molecule has 1 aromatic heterocycles. The first-order valence-corrected chi connectivity index (χ1v) is 10.6. The van der Waals surface area contributed by atoms with Crippen molar-refractivity contribution in [1.82, 2.24) is 10.3 Å². The molecule has 1 atom stereocenters. The summed E-state index contributed by atoms with van der Waals surface area (Å²) in [6.45, 7) is 9.55. The summed E-state index contributed by atoms with van der Waals surface area (Å²) in [5.74, 6) is 0.503. The lowest BCUT2D eigenvalue weighted by molar-refractivity contribution is -0.121. The zero-order valence-electron chi connectivity index (χ0n) is 16.4. The minimum Gasteiger partial charge on any atom is -0.378 e. The van der Waals surface area contributed by atoms with Gasteiger partial charge in [-0.25, -0.2) is 4.98 Å². The number of carbonyl (C=O) groups is 1. The second kappa shape index (κ2) is 9.33. The molecule has 1 saturated heterocycles. The Hall–Kier alpha value is -1.92. The van der Waals surface area contributed by atoms with Crippen LogP contribution in [-0.4, -0.2) is 43.2 Å². The summed E-state index contributed by atoms with van der Waals surface area (Å²) >= 11 is 1.63. The molecule has 0 bridgehead atoms. The molecule has 2 aromatic rings. The normalized spacial score (nSPS) is 15.8. The van der Waals surface area contributed by atoms with Crippen LogP contribution in [0.5, 0.6) is 0 Å². The van der Waals surface area contributed by atoms with Crippen molar-refractivity contribution < 1.29 is 9.53 Å². The van der Waals surface area contributed by atoms with E-state index in [9.17, 15) is 4.79 Å². The van der Waals surface area contributed by atoms with E-state index in [1.54, 1.807) is 11.3 Å². The smallest absolute Gasteiger partial charge is 0.225 e. The summed E-state index contributed by atoms with van der Waals surface area (Å²) in [6.07, 6.45) is 1.31. The third kappa shape index (κ3) is 5.08. The van der Waals surface area contributed by atoms with E-state index in [0.29, 0.717) is 12.3 Å². The number of carbonyl (C=O) groups excluding carboxylic acids is 1. The molecule has 0 radical (unpaired) electrons. The van der Waals surface area contributed by atoms with Gasteiger partial charge in [0.2, 0.25) is 5.91 Å². The molecule has 1 amide bonds. The molecule has 6 heteroatoms. The number of ether oxygens (including phenoxy) is 1. The average Bonchev–Trinajstić information content (AvgIpc) is 3.11. The zero-order chi connectivity index (χ0) is 19.2. The predicted octanol–water partition coefficient (Wildman–Crippen LogP) is 3.74. The number of hydrogen-bond acceptors (Lipinski definition) is 5. The molecular formula is C21H29N3O2S. The van der Waals surface area contributed by atoms with Crippen molar-refractivity contribution in [2.45, 2.75) is 39.7 Å². The standard InChI is InChI=1S/C21H29N3O2S/c1-4-17(15(2)3)22-19(25)14-18-20(16-8-6-5-7-9-16)23-21(27-18)24-10-12-26-13-11-24/h5-9,15,17H,4,10-14H2,1-3H3,(H,22,25). The van der Waals surface area contributed by atoms with Gasteiger partial charge in [0.25, 0.3) is 0 Å². The summed E-state index contributed by atoms with van der Waals surface area (Å²) in [5, 5.41) is 4.17. The Kier molecular flexibility index (Phi) is 6.85. The van der Waals surface area contributed by atoms with Gasteiger partial charge >= 0.3 is 0 Å². The quantitative estimate of drug-likeness (QED) is 0.786. The fourth-order valence-corrected chi connectivity index (χ4v) is 4.45. The van der Waals surface area contributed by atoms with Crippen LogP contribution >= 0.6 is 11.3 Å². The largest absolute Gasteiger partial charge is 0.378 e. The Bertz CT molecular complexity index is 739. The number of nitrogens with zero attached hydrogens (tertiary/aromatic N) is 2. The second-order valence-electron chi connectivity index (χ2n) is 7.24. The fraction of sp³-hybridized carbons (Fsp3) is 0.524. The molecule has 1 fully saturated rings. The number of aromatic nitrogens is 1. The summed E-state index contributed by atoms with van der Waals surface area (Å²) in [7, 11) is 0. The van der Waals surface area contributed by atoms with Gasteiger partial charge in [0.05, 0.1) is 25.3 Å². The molecule has 1 aromatic carbocycles. The number of morpholine rings is 1. The summed E-state index contributed by atoms with van der Waals surface area (Å²) < 4.78 is 5.46. The van der Waals surface area contributed by atoms with Crippen molar-refractivity contribution >= 4 is 22.4 Å². The maximum atomic E-state index is 12.7. The average molecular weight is 388 g/mol. The van der Waals surface area contributed by atoms with E-state index in [4.69, 9.17) is 9.72 Å². The van der Waals surface area contributed by atoms with Gasteiger partial charge in [0.1, 0.15) is 0 Å². The fourth-order valence-electron chi connectivity index (χ4n) is 3.31. The lowest BCUT2D eigenvalue weighted by atomic mass is 10.0. The number of amides is 1. The Balaban J connectivity index is 1.83. The molecule has 1 N–H and O–H groups in total. The number of rotatable bonds is 7. The highest BCUT2D eigenvalue weighted by molar-refractivity contribution is 7.16. The first kappa shape index (κ1) is 19.8. The van der Waals surface area contributed by atoms with Gasteiger partial charge in [0, 0.05) is 29.6 Å². The maximum absolute atomic E-state index is 12.7. The van der Waals surface area contributed by atoms with E-state index < -0.39 is 0 Å². The molecule has 5 nitrogen and oxygen atoms in total. The van der Waals surface area contributed by atoms with E-state index in [2.05, 4.69) is 43.1 Å². The van der Waals surface area contributed by atoms with Gasteiger partial charge in [0.15, 0.2) is 5.13 Å². The van der Waals surface area contributed by atoms with Crippen molar-refractivity contribution in [3.63, 3.8) is 0 Å². The molecule has 0 spiro atoms. The SMILES string of the molecule is CCC(NC(=O)Cc1sc(N2CCOCC2)nc1-c1ccccc1)C(C)C. The highest BCUT2D eigenvalue weighted by atomic mass is 32.1. The Labute approximate surface area is 165 Å². The molecule has 1 aliphatic heterocycles. The van der Waals surface area contributed by atoms with E-state index in [-0.39, 0.29) is 11.9 Å². The Morgan fingerprint density at radius 1 is 1.26 bits per heavy atom. The van der Waals surface area contributed by atoms with E-state index >= 15 is 0 Å². The molecule has 3 rings (SSSR count). The molecule has 1 aliphatic rings. The van der Waals surface area contributed by atoms with E-state index in [1.807, 2.05) is 18.2 Å². The molecule has 0 aliphatic carbocycles. The van der Waals surface area contributed by atoms with Crippen molar-refractivity contribution in [2.24, 2.45) is 5.92 Å². The van der Waals surface area contributed by atoms with Crippen LogP contribution in [0.15, 0.2) is 30.3 Å². The lowest BCUT2D eigenvalue weighted by Crippen LogP contribution is -2.38. The van der Waals surface area contributed by atoms with Gasteiger partial charge < -0.3 is 15.0 Å². The molecule has 1 unspecified atom stereocenters. The first-order chi connectivity index (χ1) is 13.1. The number of anilines is 1. The summed E-state index contributed by atoms with van der Waals surface area (Å²) in [5.41, 5.74) is 1.99. The Morgan fingerprint density at radius 3 is 2.59 bits per heavy atom. The van der Waals surface area contributed by atoms with Crippen molar-refractivity contribution in [3.8, 4) is 11.3 Å². The molecule has 0 saturated carbocycles. The highest BCUT2D eigenvalue weighted by Gasteiger charge is 2.22. The second-order valence-corrected chi connectivity index (χ2v) is 8.30. The van der Waals surface area contributed by atoms with E-state index in [1.165, 1.54) is 0 Å². The molecular weight excluding hydrogens is 358 g/mol. The first-order valence-electron chi connectivity index (χ1n) is 9.75. The minimum atomic E-state index is 0.0740. The van der Waals surface area contributed by atoms with Gasteiger partial charge in [-0.3, -0.25) is 4.79 Å². The number of benzene rings is 1. The van der Waals surface area contributed by atoms with Crippen LogP contribution in [0.1, 0.15) is 32.1 Å². The van der Waals surface area contributed by atoms with Gasteiger partial charge in [-0.1, -0.05) is 51.1 Å². The number of thiazole rings is 1. The van der Waals surface area contributed by atoms with Gasteiger partial charge in [-0.05, 0) is 12.3 Å². The van der Waals surface area contributed by atoms with Crippen LogP contribution in [0.3, 0.4) is 0 Å². The topological polar surface area (TPSA) is 54.5 Å². The van der Waals surface area contributed by atoms with E-state index in [0.717, 1.165) is 54.0 Å². The predicted molar refractivity (Wildman–Crippen MR) is 111 cm³/mol. The van der Waals surface area contributed by atoms with Crippen LogP contribution in [-0.2, 0) is 16.0 Å². The third-order valence-corrected chi connectivity index (χ3v) is 6.04. The van der Waals surface area contributed by atoms with Crippen LogP contribution in [0.25, 0.3) is 11.3 Å². The van der Waals surface area contributed by atoms with Crippen LogP contribution in [0.4, 0.5) is 5.13 Å². The highest BCUT2D eigenvalue weighted by Crippen LogP contribution is 2.34. The van der Waals surface area contributed by atoms with Crippen molar-refractivity contribution in [2.75, 3.05) is 31.2 Å². The maximum Gasteiger partial charge on any atom is 0.225 e. The zero-order valence-corrected chi connectivity index (χ0v) is 17.2. The molecule has 27 heavy (non-hydrogen) atoms. The van der Waals surface area contributed by atoms with Crippen LogP contribution in [0.2, 0.25) is 0 Å². The summed E-state index contributed by atoms with van der Waals surface area (Å²) in [6, 6.07) is 10.4. The van der Waals surface area contributed by atoms with Gasteiger partial charge in [-0.2, -0.15) is 0 Å². The lowest BCUT2D eigenvalue weighted by Gasteiger charge is -2.26. The minimum absolute atomic E-state index is 0.0740.